The fraction of sp³-hybridized carbons (Fsp3) is 0.364. The van der Waals surface area contributed by atoms with Crippen LogP contribution >= 0.6 is 15.9 Å². The molecule has 1 atom stereocenters. The number of amides is 1. The number of rotatable bonds is 6. The Balaban J connectivity index is 1.94. The van der Waals surface area contributed by atoms with Gasteiger partial charge in [0.25, 0.3) is 5.91 Å². The summed E-state index contributed by atoms with van der Waals surface area (Å²) >= 11 is 3.40. The molecule has 0 spiro atoms. The minimum atomic E-state index is -1.83. The molecule has 1 heterocycles. The standard InChI is InChI=1S/C22H24BrNO3/c1-4-11-24-19-10-9-17(23)12-18(19)22(27,21(24)26)13-20(25)16-7-5-15(6-8-16)14(2)3/h5-10,12,14,27H,4,11,13H2,1-3H3. The first-order chi connectivity index (χ1) is 12.8. The van der Waals surface area contributed by atoms with Gasteiger partial charge in [-0.05, 0) is 36.1 Å². The number of hydrogen-bond acceptors (Lipinski definition) is 3. The lowest BCUT2D eigenvalue weighted by Gasteiger charge is -2.22. The Morgan fingerprint density at radius 1 is 1.19 bits per heavy atom. The number of fused-ring (bicyclic) bond motifs is 1. The SMILES string of the molecule is CCCN1C(=O)C(O)(CC(=O)c2ccc(C(C)C)cc2)c2cc(Br)ccc21. The number of carbonyl (C=O) groups excluding carboxylic acids is 2. The Labute approximate surface area is 168 Å². The number of Topliss-reactive ketones (excluding diaryl/α,β-unsaturated/α-hetero) is 1. The number of ketones is 1. The molecule has 1 aliphatic rings. The summed E-state index contributed by atoms with van der Waals surface area (Å²) in [6, 6.07) is 12.8. The first-order valence-electron chi connectivity index (χ1n) is 9.25. The van der Waals surface area contributed by atoms with Crippen molar-refractivity contribution in [1.82, 2.24) is 0 Å². The minimum absolute atomic E-state index is 0.245. The van der Waals surface area contributed by atoms with Gasteiger partial charge in [0.05, 0.1) is 12.1 Å². The molecular formula is C22H24BrNO3. The van der Waals surface area contributed by atoms with Gasteiger partial charge in [-0.2, -0.15) is 0 Å². The molecule has 4 nitrogen and oxygen atoms in total. The highest BCUT2D eigenvalue weighted by molar-refractivity contribution is 9.10. The fourth-order valence-corrected chi connectivity index (χ4v) is 3.89. The van der Waals surface area contributed by atoms with Crippen LogP contribution in [0.25, 0.3) is 0 Å². The third kappa shape index (κ3) is 3.58. The van der Waals surface area contributed by atoms with Crippen LogP contribution in [0.2, 0.25) is 0 Å². The summed E-state index contributed by atoms with van der Waals surface area (Å²) in [5.74, 6) is -0.295. The van der Waals surface area contributed by atoms with Gasteiger partial charge in [-0.25, -0.2) is 0 Å². The zero-order chi connectivity index (χ0) is 19.8. The predicted molar refractivity (Wildman–Crippen MR) is 110 cm³/mol. The Kier molecular flexibility index (Phi) is 5.54. The number of hydrogen-bond donors (Lipinski definition) is 1. The highest BCUT2D eigenvalue weighted by Gasteiger charge is 2.50. The van der Waals surface area contributed by atoms with Crippen molar-refractivity contribution < 1.29 is 14.7 Å². The van der Waals surface area contributed by atoms with E-state index in [1.54, 1.807) is 23.1 Å². The van der Waals surface area contributed by atoms with Gasteiger partial charge in [-0.15, -0.1) is 0 Å². The van der Waals surface area contributed by atoms with Crippen molar-refractivity contribution in [3.05, 3.63) is 63.6 Å². The zero-order valence-electron chi connectivity index (χ0n) is 15.8. The molecule has 0 saturated heterocycles. The van der Waals surface area contributed by atoms with Gasteiger partial charge in [0.15, 0.2) is 11.4 Å². The van der Waals surface area contributed by atoms with Crippen LogP contribution in [0.5, 0.6) is 0 Å². The van der Waals surface area contributed by atoms with Crippen LogP contribution in [0, 0.1) is 0 Å². The molecule has 1 unspecified atom stereocenters. The Morgan fingerprint density at radius 3 is 2.44 bits per heavy atom. The molecule has 0 radical (unpaired) electrons. The van der Waals surface area contributed by atoms with Crippen molar-refractivity contribution in [2.75, 3.05) is 11.4 Å². The normalized spacial score (nSPS) is 18.9. The van der Waals surface area contributed by atoms with E-state index in [9.17, 15) is 14.7 Å². The summed E-state index contributed by atoms with van der Waals surface area (Å²) in [6.45, 7) is 6.67. The van der Waals surface area contributed by atoms with E-state index < -0.39 is 11.5 Å². The topological polar surface area (TPSA) is 57.6 Å². The Morgan fingerprint density at radius 2 is 1.85 bits per heavy atom. The third-order valence-electron chi connectivity index (χ3n) is 5.06. The van der Waals surface area contributed by atoms with Crippen LogP contribution < -0.4 is 4.90 Å². The average molecular weight is 430 g/mol. The molecule has 1 N–H and O–H groups in total. The number of aliphatic hydroxyl groups is 1. The Hall–Kier alpha value is -1.98. The lowest BCUT2D eigenvalue weighted by molar-refractivity contribution is -0.135. The number of anilines is 1. The van der Waals surface area contributed by atoms with Crippen molar-refractivity contribution in [2.45, 2.75) is 45.1 Å². The molecule has 2 aromatic rings. The van der Waals surface area contributed by atoms with E-state index in [-0.39, 0.29) is 12.2 Å². The number of benzene rings is 2. The van der Waals surface area contributed by atoms with Crippen molar-refractivity contribution in [3.63, 3.8) is 0 Å². The average Bonchev–Trinajstić information content (AvgIpc) is 2.84. The molecule has 27 heavy (non-hydrogen) atoms. The molecule has 1 amide bonds. The molecule has 0 aromatic heterocycles. The maximum atomic E-state index is 13.0. The molecule has 2 aromatic carbocycles. The molecule has 142 valence electrons. The zero-order valence-corrected chi connectivity index (χ0v) is 17.4. The van der Waals surface area contributed by atoms with Gasteiger partial charge >= 0.3 is 0 Å². The smallest absolute Gasteiger partial charge is 0.264 e. The van der Waals surface area contributed by atoms with Crippen molar-refractivity contribution in [2.24, 2.45) is 0 Å². The van der Waals surface area contributed by atoms with E-state index in [2.05, 4.69) is 29.8 Å². The number of nitrogens with zero attached hydrogens (tertiary/aromatic N) is 1. The van der Waals surface area contributed by atoms with Gasteiger partial charge in [-0.1, -0.05) is 61.0 Å². The van der Waals surface area contributed by atoms with Crippen molar-refractivity contribution in [3.8, 4) is 0 Å². The third-order valence-corrected chi connectivity index (χ3v) is 5.55. The quantitative estimate of drug-likeness (QED) is 0.671. The summed E-state index contributed by atoms with van der Waals surface area (Å²) in [4.78, 5) is 27.4. The predicted octanol–water partition coefficient (Wildman–Crippen LogP) is 4.79. The lowest BCUT2D eigenvalue weighted by Crippen LogP contribution is -2.42. The second-order valence-electron chi connectivity index (χ2n) is 7.36. The molecule has 5 heteroatoms. The molecule has 0 bridgehead atoms. The van der Waals surface area contributed by atoms with E-state index in [0.717, 1.165) is 16.5 Å². The molecular weight excluding hydrogens is 406 g/mol. The molecule has 1 aliphatic heterocycles. The maximum absolute atomic E-state index is 13.0. The van der Waals surface area contributed by atoms with Gasteiger partial charge in [0.2, 0.25) is 0 Å². The largest absolute Gasteiger partial charge is 0.375 e. The highest BCUT2D eigenvalue weighted by Crippen LogP contribution is 2.44. The summed E-state index contributed by atoms with van der Waals surface area (Å²) in [7, 11) is 0. The van der Waals surface area contributed by atoms with Gasteiger partial charge in [0, 0.05) is 22.1 Å². The van der Waals surface area contributed by atoms with Crippen LogP contribution in [-0.4, -0.2) is 23.3 Å². The first kappa shape index (κ1) is 19.8. The summed E-state index contributed by atoms with van der Waals surface area (Å²) in [5.41, 5.74) is 0.983. The van der Waals surface area contributed by atoms with Crippen LogP contribution in [-0.2, 0) is 10.4 Å². The molecule has 3 rings (SSSR count). The van der Waals surface area contributed by atoms with E-state index in [0.29, 0.717) is 29.3 Å². The van der Waals surface area contributed by atoms with E-state index in [1.165, 1.54) is 0 Å². The summed E-state index contributed by atoms with van der Waals surface area (Å²) < 4.78 is 0.763. The summed E-state index contributed by atoms with van der Waals surface area (Å²) in [5, 5.41) is 11.3. The van der Waals surface area contributed by atoms with E-state index in [4.69, 9.17) is 0 Å². The number of carbonyl (C=O) groups is 2. The molecule has 0 saturated carbocycles. The van der Waals surface area contributed by atoms with Crippen LogP contribution in [0.1, 0.15) is 61.0 Å². The first-order valence-corrected chi connectivity index (χ1v) is 10.0. The van der Waals surface area contributed by atoms with E-state index in [1.807, 2.05) is 31.2 Å². The molecule has 0 aliphatic carbocycles. The minimum Gasteiger partial charge on any atom is -0.375 e. The van der Waals surface area contributed by atoms with Gasteiger partial charge in [-0.3, -0.25) is 9.59 Å². The van der Waals surface area contributed by atoms with Crippen molar-refractivity contribution in [1.29, 1.82) is 0 Å². The van der Waals surface area contributed by atoms with E-state index >= 15 is 0 Å². The van der Waals surface area contributed by atoms with Gasteiger partial charge in [0.1, 0.15) is 0 Å². The highest BCUT2D eigenvalue weighted by atomic mass is 79.9. The Bertz CT molecular complexity index is 876. The van der Waals surface area contributed by atoms with Gasteiger partial charge < -0.3 is 10.0 Å². The fourth-order valence-electron chi connectivity index (χ4n) is 3.53. The summed E-state index contributed by atoms with van der Waals surface area (Å²) in [6.07, 6.45) is 0.498. The van der Waals surface area contributed by atoms with Crippen molar-refractivity contribution >= 4 is 33.3 Å². The molecule has 0 fully saturated rings. The second kappa shape index (κ2) is 7.56. The second-order valence-corrected chi connectivity index (χ2v) is 8.27. The lowest BCUT2D eigenvalue weighted by atomic mass is 9.87. The maximum Gasteiger partial charge on any atom is 0.264 e. The monoisotopic (exact) mass is 429 g/mol. The van der Waals surface area contributed by atoms with Crippen LogP contribution in [0.15, 0.2) is 46.9 Å². The number of halogens is 1. The van der Waals surface area contributed by atoms with Crippen LogP contribution in [0.3, 0.4) is 0 Å². The van der Waals surface area contributed by atoms with Crippen LogP contribution in [0.4, 0.5) is 5.69 Å².